The number of rotatable bonds is 8. The molecule has 12 heteroatoms. The van der Waals surface area contributed by atoms with Gasteiger partial charge >= 0.3 is 0 Å². The first-order chi connectivity index (χ1) is 17.5. The van der Waals surface area contributed by atoms with Crippen molar-refractivity contribution in [3.05, 3.63) is 82.7 Å². The lowest BCUT2D eigenvalue weighted by Crippen LogP contribution is -2.19. The highest BCUT2D eigenvalue weighted by atomic mass is 32.2. The van der Waals surface area contributed by atoms with Gasteiger partial charge in [0.15, 0.2) is 14.6 Å². The van der Waals surface area contributed by atoms with Crippen molar-refractivity contribution < 1.29 is 26.4 Å². The van der Waals surface area contributed by atoms with E-state index in [0.717, 1.165) is 17.3 Å². The lowest BCUT2D eigenvalue weighted by atomic mass is 10.2. The molecule has 9 nitrogen and oxygen atoms in total. The number of nitrogens with zero attached hydrogens (tertiary/aromatic N) is 2. The van der Waals surface area contributed by atoms with Crippen LogP contribution in [-0.4, -0.2) is 47.3 Å². The van der Waals surface area contributed by atoms with Crippen LogP contribution in [0.1, 0.15) is 15.9 Å². The quantitative estimate of drug-likeness (QED) is 0.352. The van der Waals surface area contributed by atoms with Gasteiger partial charge in [0.2, 0.25) is 0 Å². The number of thiazole rings is 1. The summed E-state index contributed by atoms with van der Waals surface area (Å²) in [5.74, 6) is -0.519. The number of aryl methyl sites for hydroxylation is 1. The number of amides is 1. The molecule has 0 radical (unpaired) electrons. The van der Waals surface area contributed by atoms with Gasteiger partial charge in [-0.05, 0) is 61.5 Å². The van der Waals surface area contributed by atoms with Crippen molar-refractivity contribution in [3.63, 3.8) is 0 Å². The number of carbonyl (C=O) groups is 1. The summed E-state index contributed by atoms with van der Waals surface area (Å²) in [6.45, 7) is 2.66. The van der Waals surface area contributed by atoms with Crippen LogP contribution >= 0.6 is 11.3 Å². The smallest absolute Gasteiger partial charge is 0.279 e. The molecule has 0 aliphatic rings. The first-order valence-electron chi connectivity index (χ1n) is 11.1. The minimum atomic E-state index is -3.77. The Morgan fingerprint density at radius 1 is 0.973 bits per heavy atom. The molecule has 0 aliphatic heterocycles. The van der Waals surface area contributed by atoms with E-state index in [9.17, 15) is 21.6 Å². The van der Waals surface area contributed by atoms with Gasteiger partial charge in [0.25, 0.3) is 15.9 Å². The maximum absolute atomic E-state index is 13.0. The van der Waals surface area contributed by atoms with Gasteiger partial charge in [-0.1, -0.05) is 29.0 Å². The molecule has 0 unspecified atom stereocenters. The third-order valence-corrected chi connectivity index (χ3v) is 9.06. The number of sulfonamides is 1. The van der Waals surface area contributed by atoms with Crippen molar-refractivity contribution in [3.8, 4) is 0 Å². The molecule has 1 heterocycles. The predicted molar refractivity (Wildman–Crippen MR) is 143 cm³/mol. The summed E-state index contributed by atoms with van der Waals surface area (Å²) in [5, 5.41) is 0. The number of carbonyl (C=O) groups excluding carboxylic acids is 1. The number of methoxy groups -OCH3 is 1. The molecule has 0 spiro atoms. The summed E-state index contributed by atoms with van der Waals surface area (Å²) >= 11 is 1.20. The number of fused-ring (bicyclic) bond motifs is 1. The van der Waals surface area contributed by atoms with E-state index in [1.807, 2.05) is 6.92 Å². The molecule has 4 aromatic rings. The number of hydrogen-bond donors (Lipinski definition) is 1. The Morgan fingerprint density at radius 2 is 1.62 bits per heavy atom. The molecule has 0 saturated heterocycles. The topological polar surface area (TPSA) is 124 Å². The van der Waals surface area contributed by atoms with Crippen LogP contribution in [0.25, 0.3) is 10.2 Å². The summed E-state index contributed by atoms with van der Waals surface area (Å²) in [6.07, 6.45) is 1.14. The third-order valence-electron chi connectivity index (χ3n) is 5.51. The maximum atomic E-state index is 13.0. The third kappa shape index (κ3) is 6.16. The van der Waals surface area contributed by atoms with Crippen LogP contribution in [0.3, 0.4) is 0 Å². The molecule has 194 valence electrons. The standard InChI is InChI=1S/C25H25N3O6S3/c1-17-4-10-20(11-5-17)37(32,33)27-19-8-6-18(7-9-19)24(29)26-25-28(14-15-34-2)22-13-12-21(36(3,30)31)16-23(22)35-25/h4-13,16,27H,14-15H2,1-3H3. The van der Waals surface area contributed by atoms with Crippen LogP contribution in [0.2, 0.25) is 0 Å². The highest BCUT2D eigenvalue weighted by molar-refractivity contribution is 7.92. The summed E-state index contributed by atoms with van der Waals surface area (Å²) < 4.78 is 59.3. The van der Waals surface area contributed by atoms with Crippen molar-refractivity contribution in [1.82, 2.24) is 4.57 Å². The van der Waals surface area contributed by atoms with E-state index in [1.165, 1.54) is 53.8 Å². The Kier molecular flexibility index (Phi) is 7.64. The summed E-state index contributed by atoms with van der Waals surface area (Å²) in [7, 11) is -5.60. The zero-order valence-corrected chi connectivity index (χ0v) is 22.8. The second-order valence-corrected chi connectivity index (χ2v) is 13.1. The summed E-state index contributed by atoms with van der Waals surface area (Å²) in [5.41, 5.74) is 2.26. The zero-order valence-electron chi connectivity index (χ0n) is 20.3. The second-order valence-electron chi connectivity index (χ2n) is 8.34. The van der Waals surface area contributed by atoms with Crippen LogP contribution in [0.4, 0.5) is 5.69 Å². The van der Waals surface area contributed by atoms with E-state index in [4.69, 9.17) is 4.74 Å². The number of sulfone groups is 1. The van der Waals surface area contributed by atoms with Gasteiger partial charge in [-0.25, -0.2) is 16.8 Å². The molecule has 1 aromatic heterocycles. The minimum absolute atomic E-state index is 0.137. The fourth-order valence-corrected chi connectivity index (χ4v) is 6.41. The van der Waals surface area contributed by atoms with E-state index >= 15 is 0 Å². The number of nitrogens with one attached hydrogen (secondary N) is 1. The highest BCUT2D eigenvalue weighted by Crippen LogP contribution is 2.22. The Labute approximate surface area is 219 Å². The van der Waals surface area contributed by atoms with Crippen LogP contribution in [0.15, 0.2) is 81.5 Å². The molecular weight excluding hydrogens is 534 g/mol. The highest BCUT2D eigenvalue weighted by Gasteiger charge is 2.16. The van der Waals surface area contributed by atoms with Crippen molar-refractivity contribution in [2.75, 3.05) is 24.7 Å². The monoisotopic (exact) mass is 559 g/mol. The average Bonchev–Trinajstić information content (AvgIpc) is 3.18. The van der Waals surface area contributed by atoms with Crippen molar-refractivity contribution >= 4 is 53.0 Å². The first kappa shape index (κ1) is 26.7. The van der Waals surface area contributed by atoms with Gasteiger partial charge in [-0.3, -0.25) is 9.52 Å². The van der Waals surface area contributed by atoms with E-state index < -0.39 is 25.8 Å². The molecule has 0 atom stereocenters. The second kappa shape index (κ2) is 10.6. The lowest BCUT2D eigenvalue weighted by Gasteiger charge is -2.08. The lowest BCUT2D eigenvalue weighted by molar-refractivity contribution is 0.0997. The number of hydrogen-bond acceptors (Lipinski definition) is 7. The van der Waals surface area contributed by atoms with Crippen LogP contribution < -0.4 is 9.52 Å². The number of benzene rings is 3. The minimum Gasteiger partial charge on any atom is -0.383 e. The van der Waals surface area contributed by atoms with Gasteiger partial charge in [0.05, 0.1) is 26.6 Å². The van der Waals surface area contributed by atoms with Gasteiger partial charge in [-0.15, -0.1) is 0 Å². The Balaban J connectivity index is 1.63. The number of ether oxygens (including phenoxy) is 1. The van der Waals surface area contributed by atoms with E-state index in [0.29, 0.717) is 28.3 Å². The fraction of sp³-hybridized carbons (Fsp3) is 0.200. The van der Waals surface area contributed by atoms with Crippen molar-refractivity contribution in [1.29, 1.82) is 0 Å². The van der Waals surface area contributed by atoms with Crippen molar-refractivity contribution in [2.24, 2.45) is 4.99 Å². The predicted octanol–water partition coefficient (Wildman–Crippen LogP) is 3.60. The normalized spacial score (nSPS) is 12.7. The van der Waals surface area contributed by atoms with Crippen molar-refractivity contribution in [2.45, 2.75) is 23.3 Å². The van der Waals surface area contributed by atoms with Gasteiger partial charge in [0, 0.05) is 31.2 Å². The number of aromatic nitrogens is 1. The van der Waals surface area contributed by atoms with Gasteiger partial charge in [-0.2, -0.15) is 4.99 Å². The zero-order chi connectivity index (χ0) is 26.8. The van der Waals surface area contributed by atoms with E-state index in [1.54, 1.807) is 35.9 Å². The molecule has 3 aromatic carbocycles. The molecule has 1 N–H and O–H groups in total. The SMILES string of the molecule is COCCn1c(=NC(=O)c2ccc(NS(=O)(=O)c3ccc(C)cc3)cc2)sc2cc(S(C)(=O)=O)ccc21. The molecule has 1 amide bonds. The summed E-state index contributed by atoms with van der Waals surface area (Å²) in [6, 6.07) is 17.2. The Bertz CT molecular complexity index is 1740. The van der Waals surface area contributed by atoms with E-state index in [2.05, 4.69) is 9.71 Å². The van der Waals surface area contributed by atoms with E-state index in [-0.39, 0.29) is 15.4 Å². The summed E-state index contributed by atoms with van der Waals surface area (Å²) in [4.78, 5) is 17.9. The van der Waals surface area contributed by atoms with Gasteiger partial charge in [0.1, 0.15) is 0 Å². The molecule has 0 fully saturated rings. The van der Waals surface area contributed by atoms with Crippen LogP contribution in [0.5, 0.6) is 0 Å². The molecule has 0 aliphatic carbocycles. The Hall–Kier alpha value is -3.32. The molecule has 0 bridgehead atoms. The fourth-order valence-electron chi connectivity index (χ4n) is 3.53. The Morgan fingerprint density at radius 3 is 2.24 bits per heavy atom. The maximum Gasteiger partial charge on any atom is 0.279 e. The van der Waals surface area contributed by atoms with Crippen LogP contribution in [-0.2, 0) is 31.1 Å². The average molecular weight is 560 g/mol. The molecular formula is C25H25N3O6S3. The largest absolute Gasteiger partial charge is 0.383 e. The molecule has 37 heavy (non-hydrogen) atoms. The molecule has 4 rings (SSSR count). The number of anilines is 1. The molecule has 0 saturated carbocycles. The first-order valence-corrected chi connectivity index (χ1v) is 15.3. The van der Waals surface area contributed by atoms with Crippen LogP contribution in [0, 0.1) is 6.92 Å². The van der Waals surface area contributed by atoms with Gasteiger partial charge < -0.3 is 9.30 Å².